The minimum atomic E-state index is -0.807. The zero-order valence-electron chi connectivity index (χ0n) is 10.6. The lowest BCUT2D eigenvalue weighted by Gasteiger charge is -2.10. The van der Waals surface area contributed by atoms with E-state index in [0.29, 0.717) is 5.39 Å². The number of aromatic hydroxyl groups is 4. The van der Waals surface area contributed by atoms with Gasteiger partial charge in [0.05, 0.1) is 5.39 Å². The van der Waals surface area contributed by atoms with Gasteiger partial charge in [-0.1, -0.05) is 12.1 Å². The number of fused-ring (bicyclic) bond motifs is 1. The first kappa shape index (κ1) is 12.9. The van der Waals surface area contributed by atoms with Crippen molar-refractivity contribution in [1.29, 1.82) is 0 Å². The van der Waals surface area contributed by atoms with E-state index in [1.165, 1.54) is 0 Å². The summed E-state index contributed by atoms with van der Waals surface area (Å²) in [6.45, 7) is 0. The summed E-state index contributed by atoms with van der Waals surface area (Å²) in [7, 11) is 0. The lowest BCUT2D eigenvalue weighted by Crippen LogP contribution is -2.00. The quantitative estimate of drug-likeness (QED) is 0.403. The van der Waals surface area contributed by atoms with Crippen molar-refractivity contribution in [3.63, 3.8) is 0 Å². The second-order valence-corrected chi connectivity index (χ2v) is 4.46. The summed E-state index contributed by atoms with van der Waals surface area (Å²) in [6.07, 6.45) is 0. The van der Waals surface area contributed by atoms with Crippen LogP contribution in [0.5, 0.6) is 23.0 Å². The summed E-state index contributed by atoms with van der Waals surface area (Å²) in [4.78, 5) is 12.0. The maximum absolute atomic E-state index is 12.0. The largest absolute Gasteiger partial charge is 0.507 e. The van der Waals surface area contributed by atoms with Gasteiger partial charge in [0.15, 0.2) is 16.9 Å². The average Bonchev–Trinajstić information content (AvgIpc) is 2.45. The number of rotatable bonds is 1. The van der Waals surface area contributed by atoms with Gasteiger partial charge in [0, 0.05) is 12.1 Å². The number of hydrogen-bond acceptors (Lipinski definition) is 6. The summed E-state index contributed by atoms with van der Waals surface area (Å²) in [6, 6.07) is 8.43. The molecule has 6 nitrogen and oxygen atoms in total. The summed E-state index contributed by atoms with van der Waals surface area (Å²) in [5.41, 5.74) is -0.363. The molecule has 0 radical (unpaired) electrons. The van der Waals surface area contributed by atoms with Crippen LogP contribution in [-0.4, -0.2) is 20.4 Å². The van der Waals surface area contributed by atoms with Crippen LogP contribution in [0.1, 0.15) is 0 Å². The molecule has 0 saturated heterocycles. The number of para-hydroxylation sites is 1. The summed E-state index contributed by atoms with van der Waals surface area (Å²) < 4.78 is 5.47. The molecule has 0 aliphatic rings. The van der Waals surface area contributed by atoms with Crippen molar-refractivity contribution in [1.82, 2.24) is 0 Å². The second-order valence-electron chi connectivity index (χ2n) is 4.46. The summed E-state index contributed by atoms with van der Waals surface area (Å²) >= 11 is 0. The molecule has 4 N–H and O–H groups in total. The molecule has 6 heteroatoms. The van der Waals surface area contributed by atoms with E-state index in [4.69, 9.17) is 4.42 Å². The molecule has 3 rings (SSSR count). The van der Waals surface area contributed by atoms with Crippen LogP contribution >= 0.6 is 0 Å². The molecule has 2 aromatic carbocycles. The van der Waals surface area contributed by atoms with Crippen molar-refractivity contribution in [3.05, 3.63) is 46.6 Å². The van der Waals surface area contributed by atoms with Crippen LogP contribution in [0, 0.1) is 0 Å². The average molecular weight is 286 g/mol. The molecule has 0 saturated carbocycles. The lowest BCUT2D eigenvalue weighted by molar-refractivity contribution is 0.361. The maximum atomic E-state index is 12.0. The van der Waals surface area contributed by atoms with Crippen molar-refractivity contribution >= 4 is 11.0 Å². The molecule has 106 valence electrons. The molecular weight excluding hydrogens is 276 g/mol. The van der Waals surface area contributed by atoms with Gasteiger partial charge in [-0.2, -0.15) is 0 Å². The minimum absolute atomic E-state index is 0.121. The fourth-order valence-corrected chi connectivity index (χ4v) is 2.10. The van der Waals surface area contributed by atoms with E-state index in [0.717, 1.165) is 12.1 Å². The van der Waals surface area contributed by atoms with Crippen molar-refractivity contribution in [3.8, 4) is 34.3 Å². The molecular formula is C15H10O6. The first-order chi connectivity index (χ1) is 9.99. The maximum Gasteiger partial charge on any atom is 0.201 e. The minimum Gasteiger partial charge on any atom is -0.507 e. The zero-order valence-corrected chi connectivity index (χ0v) is 10.6. The third-order valence-corrected chi connectivity index (χ3v) is 3.11. The van der Waals surface area contributed by atoms with Gasteiger partial charge in [-0.15, -0.1) is 0 Å². The Bertz CT molecular complexity index is 910. The summed E-state index contributed by atoms with van der Waals surface area (Å²) in [5.74, 6) is -2.91. The van der Waals surface area contributed by atoms with Gasteiger partial charge < -0.3 is 24.8 Å². The fourth-order valence-electron chi connectivity index (χ4n) is 2.10. The molecule has 1 heterocycles. The van der Waals surface area contributed by atoms with E-state index >= 15 is 0 Å². The highest BCUT2D eigenvalue weighted by molar-refractivity contribution is 5.83. The highest BCUT2D eigenvalue weighted by Gasteiger charge is 2.21. The Labute approximate surface area is 117 Å². The highest BCUT2D eigenvalue weighted by Crippen LogP contribution is 2.47. The van der Waals surface area contributed by atoms with E-state index in [9.17, 15) is 25.2 Å². The van der Waals surface area contributed by atoms with Crippen LogP contribution in [0.2, 0.25) is 0 Å². The standard InChI is InChI=1S/C15H10O6/c16-8-6-12(21-11-4-2-1-3-7(8)11)13-9(17)5-10(18)14(19)15(13)20/h1-6,17-20H. The van der Waals surface area contributed by atoms with Gasteiger partial charge in [0.2, 0.25) is 5.75 Å². The highest BCUT2D eigenvalue weighted by atomic mass is 16.3. The van der Waals surface area contributed by atoms with Gasteiger partial charge in [-0.25, -0.2) is 0 Å². The molecule has 0 amide bonds. The van der Waals surface area contributed by atoms with Gasteiger partial charge in [0.1, 0.15) is 22.7 Å². The number of phenols is 4. The molecule has 21 heavy (non-hydrogen) atoms. The number of benzene rings is 2. The Morgan fingerprint density at radius 1 is 0.857 bits per heavy atom. The number of phenolic OH excluding ortho intramolecular Hbond substituents is 4. The Morgan fingerprint density at radius 3 is 2.33 bits per heavy atom. The van der Waals surface area contributed by atoms with Crippen molar-refractivity contribution in [2.45, 2.75) is 0 Å². The monoisotopic (exact) mass is 286 g/mol. The normalized spacial score (nSPS) is 10.9. The fraction of sp³-hybridized carbons (Fsp3) is 0. The van der Waals surface area contributed by atoms with E-state index in [-0.39, 0.29) is 22.3 Å². The van der Waals surface area contributed by atoms with Gasteiger partial charge in [-0.3, -0.25) is 4.79 Å². The third-order valence-electron chi connectivity index (χ3n) is 3.11. The zero-order chi connectivity index (χ0) is 15.1. The SMILES string of the molecule is O=c1cc(-c2c(O)cc(O)c(O)c2O)oc2ccccc12. The van der Waals surface area contributed by atoms with Crippen LogP contribution in [0.4, 0.5) is 0 Å². The van der Waals surface area contributed by atoms with E-state index < -0.39 is 23.0 Å². The number of hydrogen-bond donors (Lipinski definition) is 4. The van der Waals surface area contributed by atoms with Crippen LogP contribution < -0.4 is 5.43 Å². The molecule has 0 atom stereocenters. The Kier molecular flexibility index (Phi) is 2.72. The van der Waals surface area contributed by atoms with E-state index in [1.54, 1.807) is 24.3 Å². The van der Waals surface area contributed by atoms with Crippen LogP contribution in [0.25, 0.3) is 22.3 Å². The predicted octanol–water partition coefficient (Wildman–Crippen LogP) is 2.28. The molecule has 3 aromatic rings. The van der Waals surface area contributed by atoms with Crippen LogP contribution in [0.15, 0.2) is 45.6 Å². The topological polar surface area (TPSA) is 111 Å². The predicted molar refractivity (Wildman–Crippen MR) is 74.6 cm³/mol. The third kappa shape index (κ3) is 1.93. The summed E-state index contributed by atoms with van der Waals surface area (Å²) in [5, 5.41) is 38.9. The second kappa shape index (κ2) is 4.45. The van der Waals surface area contributed by atoms with E-state index in [1.807, 2.05) is 0 Å². The Balaban J connectivity index is 2.36. The first-order valence-corrected chi connectivity index (χ1v) is 5.99. The van der Waals surface area contributed by atoms with E-state index in [2.05, 4.69) is 0 Å². The smallest absolute Gasteiger partial charge is 0.201 e. The van der Waals surface area contributed by atoms with Crippen molar-refractivity contribution in [2.24, 2.45) is 0 Å². The molecule has 0 bridgehead atoms. The van der Waals surface area contributed by atoms with Crippen LogP contribution in [0.3, 0.4) is 0 Å². The Morgan fingerprint density at radius 2 is 1.57 bits per heavy atom. The van der Waals surface area contributed by atoms with Crippen molar-refractivity contribution in [2.75, 3.05) is 0 Å². The molecule has 0 aliphatic heterocycles. The van der Waals surface area contributed by atoms with Gasteiger partial charge in [0.25, 0.3) is 0 Å². The molecule has 0 aliphatic carbocycles. The van der Waals surface area contributed by atoms with Crippen molar-refractivity contribution < 1.29 is 24.8 Å². The molecule has 0 unspecified atom stereocenters. The molecule has 1 aromatic heterocycles. The Hall–Kier alpha value is -3.15. The van der Waals surface area contributed by atoms with Gasteiger partial charge >= 0.3 is 0 Å². The first-order valence-electron chi connectivity index (χ1n) is 5.99. The lowest BCUT2D eigenvalue weighted by atomic mass is 10.1. The van der Waals surface area contributed by atoms with Crippen LogP contribution in [-0.2, 0) is 0 Å². The van der Waals surface area contributed by atoms with Gasteiger partial charge in [-0.05, 0) is 12.1 Å². The molecule has 0 fully saturated rings. The molecule has 0 spiro atoms.